The molecule has 8 nitrogen and oxygen atoms in total. The van der Waals surface area contributed by atoms with Gasteiger partial charge in [-0.3, -0.25) is 4.79 Å². The number of benzene rings is 1. The lowest BCUT2D eigenvalue weighted by molar-refractivity contribution is 0.00631. The van der Waals surface area contributed by atoms with Gasteiger partial charge >= 0.3 is 6.09 Å². The molecule has 0 radical (unpaired) electrons. The first-order chi connectivity index (χ1) is 13.2. The molecular formula is C19H28N2O6. The number of rotatable bonds is 14. The third-order valence-electron chi connectivity index (χ3n) is 3.35. The minimum Gasteiger partial charge on any atom is -0.447 e. The smallest absolute Gasteiger partial charge is 0.406 e. The summed E-state index contributed by atoms with van der Waals surface area (Å²) in [6.45, 7) is 6.76. The molecule has 0 aliphatic rings. The molecule has 0 bridgehead atoms. The molecule has 0 unspecified atom stereocenters. The molecule has 0 spiro atoms. The van der Waals surface area contributed by atoms with Crippen molar-refractivity contribution < 1.29 is 28.5 Å². The van der Waals surface area contributed by atoms with Crippen LogP contribution in [0, 0.1) is 0 Å². The third kappa shape index (κ3) is 11.0. The van der Waals surface area contributed by atoms with Crippen LogP contribution in [0.25, 0.3) is 6.08 Å². The van der Waals surface area contributed by atoms with Crippen molar-refractivity contribution in [2.24, 2.45) is 0 Å². The van der Waals surface area contributed by atoms with E-state index in [9.17, 15) is 9.59 Å². The van der Waals surface area contributed by atoms with Crippen LogP contribution in [0.4, 0.5) is 4.79 Å². The fourth-order valence-corrected chi connectivity index (χ4v) is 1.92. The highest BCUT2D eigenvalue weighted by molar-refractivity contribution is 5.94. The van der Waals surface area contributed by atoms with Gasteiger partial charge in [-0.15, -0.1) is 0 Å². The monoisotopic (exact) mass is 380 g/mol. The third-order valence-corrected chi connectivity index (χ3v) is 3.35. The van der Waals surface area contributed by atoms with Crippen molar-refractivity contribution >= 4 is 18.1 Å². The van der Waals surface area contributed by atoms with E-state index < -0.39 is 6.09 Å². The zero-order valence-corrected chi connectivity index (χ0v) is 15.7. The fraction of sp³-hybridized carbons (Fsp3) is 0.474. The molecule has 0 heterocycles. The number of carbonyl (C=O) groups is 2. The van der Waals surface area contributed by atoms with Crippen molar-refractivity contribution in [3.05, 3.63) is 42.0 Å². The second-order valence-corrected chi connectivity index (χ2v) is 5.31. The van der Waals surface area contributed by atoms with Crippen molar-refractivity contribution in [1.29, 1.82) is 0 Å². The van der Waals surface area contributed by atoms with Crippen LogP contribution in [-0.4, -0.2) is 71.8 Å². The van der Waals surface area contributed by atoms with Gasteiger partial charge in [0.25, 0.3) is 5.91 Å². The summed E-state index contributed by atoms with van der Waals surface area (Å²) in [5, 5.41) is 5.13. The first-order valence-electron chi connectivity index (χ1n) is 8.75. The maximum absolute atomic E-state index is 11.9. The summed E-state index contributed by atoms with van der Waals surface area (Å²) >= 11 is 0. The van der Waals surface area contributed by atoms with Gasteiger partial charge < -0.3 is 29.6 Å². The summed E-state index contributed by atoms with van der Waals surface area (Å²) in [6.07, 6.45) is 1.25. The van der Waals surface area contributed by atoms with E-state index in [2.05, 4.69) is 17.2 Å². The highest BCUT2D eigenvalue weighted by Crippen LogP contribution is 2.05. The average Bonchev–Trinajstić information content (AvgIpc) is 2.71. The molecule has 27 heavy (non-hydrogen) atoms. The molecule has 0 aliphatic carbocycles. The fourth-order valence-electron chi connectivity index (χ4n) is 1.92. The molecule has 1 rings (SSSR count). The van der Waals surface area contributed by atoms with Crippen LogP contribution in [-0.2, 0) is 18.9 Å². The molecule has 0 fully saturated rings. The zero-order valence-electron chi connectivity index (χ0n) is 15.7. The van der Waals surface area contributed by atoms with Crippen molar-refractivity contribution in [3.63, 3.8) is 0 Å². The number of alkyl carbamates (subject to hydrolysis) is 1. The summed E-state index contributed by atoms with van der Waals surface area (Å²) in [6, 6.07) is 7.20. The first kappa shape index (κ1) is 22.6. The number of hydrogen-bond acceptors (Lipinski definition) is 6. The largest absolute Gasteiger partial charge is 0.447 e. The minimum atomic E-state index is -0.478. The van der Waals surface area contributed by atoms with Crippen LogP contribution >= 0.6 is 0 Å². The summed E-state index contributed by atoms with van der Waals surface area (Å²) < 4.78 is 20.7. The zero-order chi connectivity index (χ0) is 19.7. The molecule has 0 saturated heterocycles. The molecule has 2 amide bonds. The topological polar surface area (TPSA) is 95.1 Å². The second kappa shape index (κ2) is 14.7. The van der Waals surface area contributed by atoms with Gasteiger partial charge in [0, 0.05) is 19.2 Å². The molecule has 0 saturated carbocycles. The summed E-state index contributed by atoms with van der Waals surface area (Å²) in [5.41, 5.74) is 1.57. The Bertz CT molecular complexity index is 562. The van der Waals surface area contributed by atoms with Crippen LogP contribution in [0.2, 0.25) is 0 Å². The lowest BCUT2D eigenvalue weighted by Crippen LogP contribution is -2.27. The second-order valence-electron chi connectivity index (χ2n) is 5.31. The van der Waals surface area contributed by atoms with Gasteiger partial charge in [-0.1, -0.05) is 24.8 Å². The van der Waals surface area contributed by atoms with E-state index in [1.165, 1.54) is 7.05 Å². The van der Waals surface area contributed by atoms with Crippen molar-refractivity contribution in [2.45, 2.75) is 0 Å². The number of nitrogens with one attached hydrogen (secondary N) is 2. The Labute approximate surface area is 159 Å². The van der Waals surface area contributed by atoms with E-state index in [0.29, 0.717) is 51.7 Å². The van der Waals surface area contributed by atoms with Crippen molar-refractivity contribution in [1.82, 2.24) is 10.6 Å². The molecule has 0 atom stereocenters. The molecule has 0 aromatic heterocycles. The van der Waals surface area contributed by atoms with Crippen LogP contribution in [0.3, 0.4) is 0 Å². The minimum absolute atomic E-state index is 0.136. The molecule has 1 aromatic rings. The lowest BCUT2D eigenvalue weighted by atomic mass is 10.1. The predicted octanol–water partition coefficient (Wildman–Crippen LogP) is 1.47. The summed E-state index contributed by atoms with van der Waals surface area (Å²) in [5.74, 6) is -0.136. The Morgan fingerprint density at radius 2 is 1.48 bits per heavy atom. The predicted molar refractivity (Wildman–Crippen MR) is 102 cm³/mol. The van der Waals surface area contributed by atoms with E-state index >= 15 is 0 Å². The van der Waals surface area contributed by atoms with Crippen LogP contribution in [0.5, 0.6) is 0 Å². The average molecular weight is 380 g/mol. The standard InChI is InChI=1S/C19H28N2O6/c1-3-16-4-6-17(7-5-16)18(22)21-8-9-24-10-11-25-12-13-26-14-15-27-19(23)20-2/h3-7H,1,8-15H2,2H3,(H,20,23)(H,21,22). The van der Waals surface area contributed by atoms with Crippen molar-refractivity contribution in [3.8, 4) is 0 Å². The Balaban J connectivity index is 1.89. The van der Waals surface area contributed by atoms with E-state index in [0.717, 1.165) is 5.56 Å². The highest BCUT2D eigenvalue weighted by atomic mass is 16.6. The van der Waals surface area contributed by atoms with E-state index in [1.54, 1.807) is 18.2 Å². The van der Waals surface area contributed by atoms with Gasteiger partial charge in [-0.05, 0) is 17.7 Å². The van der Waals surface area contributed by atoms with Gasteiger partial charge in [0.15, 0.2) is 0 Å². The quantitative estimate of drug-likeness (QED) is 0.475. The van der Waals surface area contributed by atoms with E-state index in [1.807, 2.05) is 12.1 Å². The Morgan fingerprint density at radius 3 is 2.04 bits per heavy atom. The number of carbonyl (C=O) groups excluding carboxylic acids is 2. The SMILES string of the molecule is C=Cc1ccc(C(=O)NCCOCCOCCOCCOC(=O)NC)cc1. The van der Waals surface area contributed by atoms with Gasteiger partial charge in [0.1, 0.15) is 6.61 Å². The van der Waals surface area contributed by atoms with Gasteiger partial charge in [0.2, 0.25) is 0 Å². The number of ether oxygens (including phenoxy) is 4. The highest BCUT2D eigenvalue weighted by Gasteiger charge is 2.03. The normalized spacial score (nSPS) is 10.3. The lowest BCUT2D eigenvalue weighted by Gasteiger charge is -2.08. The number of amides is 2. The molecule has 8 heteroatoms. The van der Waals surface area contributed by atoms with Gasteiger partial charge in [0.05, 0.1) is 39.6 Å². The summed E-state index contributed by atoms with van der Waals surface area (Å²) in [7, 11) is 1.50. The van der Waals surface area contributed by atoms with E-state index in [4.69, 9.17) is 18.9 Å². The first-order valence-corrected chi connectivity index (χ1v) is 8.75. The Hall–Kier alpha value is -2.42. The molecule has 0 aliphatic heterocycles. The van der Waals surface area contributed by atoms with Crippen molar-refractivity contribution in [2.75, 3.05) is 59.8 Å². The molecular weight excluding hydrogens is 352 g/mol. The Morgan fingerprint density at radius 1 is 0.926 bits per heavy atom. The molecule has 150 valence electrons. The maximum atomic E-state index is 11.9. The van der Waals surface area contributed by atoms with Crippen LogP contribution in [0.1, 0.15) is 15.9 Å². The Kier molecular flexibility index (Phi) is 12.3. The maximum Gasteiger partial charge on any atom is 0.406 e. The summed E-state index contributed by atoms with van der Waals surface area (Å²) in [4.78, 5) is 22.7. The van der Waals surface area contributed by atoms with Gasteiger partial charge in [-0.25, -0.2) is 4.79 Å². The number of hydrogen-bond donors (Lipinski definition) is 2. The van der Waals surface area contributed by atoms with Crippen LogP contribution in [0.15, 0.2) is 30.8 Å². The molecule has 2 N–H and O–H groups in total. The molecule has 1 aromatic carbocycles. The van der Waals surface area contributed by atoms with Crippen LogP contribution < -0.4 is 10.6 Å². The van der Waals surface area contributed by atoms with E-state index in [-0.39, 0.29) is 12.5 Å². The van der Waals surface area contributed by atoms with Gasteiger partial charge in [-0.2, -0.15) is 0 Å².